The molecule has 2 aromatic rings. The molecule has 0 saturated heterocycles. The summed E-state index contributed by atoms with van der Waals surface area (Å²) in [5, 5.41) is -0.447. The molecule has 1 aliphatic heterocycles. The zero-order valence-corrected chi connectivity index (χ0v) is 22.0. The molecule has 1 aliphatic rings. The highest BCUT2D eigenvalue weighted by Gasteiger charge is 2.52. The molecule has 34 heavy (non-hydrogen) atoms. The predicted octanol–water partition coefficient (Wildman–Crippen LogP) is 4.98. The molecule has 0 fully saturated rings. The Morgan fingerprint density at radius 2 is 1.74 bits per heavy atom. The van der Waals surface area contributed by atoms with Gasteiger partial charge in [-0.05, 0) is 57.2 Å². The van der Waals surface area contributed by atoms with Gasteiger partial charge in [0.25, 0.3) is 10.0 Å². The average molecular weight is 505 g/mol. The van der Waals surface area contributed by atoms with Gasteiger partial charge in [0.2, 0.25) is 5.91 Å². The van der Waals surface area contributed by atoms with E-state index < -0.39 is 38.4 Å². The first-order chi connectivity index (χ1) is 15.8. The van der Waals surface area contributed by atoms with Crippen LogP contribution in [0.1, 0.15) is 52.2 Å². The van der Waals surface area contributed by atoms with E-state index in [1.807, 2.05) is 45.0 Å². The van der Waals surface area contributed by atoms with E-state index in [1.54, 1.807) is 37.8 Å². The normalized spacial score (nSPS) is 20.1. The number of carbonyl (C=O) groups is 2. The Bertz CT molecular complexity index is 1170. The Labute approximate surface area is 206 Å². The Hall–Kier alpha value is -2.52. The second-order valence-electron chi connectivity index (χ2n) is 9.61. The highest BCUT2D eigenvalue weighted by Crippen LogP contribution is 2.51. The monoisotopic (exact) mass is 504 g/mol. The van der Waals surface area contributed by atoms with Crippen molar-refractivity contribution in [2.75, 3.05) is 10.7 Å². The number of rotatable bonds is 6. The lowest BCUT2D eigenvalue weighted by molar-refractivity contribution is -0.120. The zero-order chi connectivity index (χ0) is 25.3. The Kier molecular flexibility index (Phi) is 7.38. The van der Waals surface area contributed by atoms with Crippen LogP contribution in [-0.2, 0) is 25.0 Å². The van der Waals surface area contributed by atoms with Crippen LogP contribution in [-0.4, -0.2) is 37.1 Å². The van der Waals surface area contributed by atoms with E-state index in [1.165, 1.54) is 23.9 Å². The maximum absolute atomic E-state index is 13.2. The molecule has 2 atom stereocenters. The van der Waals surface area contributed by atoms with Gasteiger partial charge in [-0.1, -0.05) is 49.7 Å². The van der Waals surface area contributed by atoms with Crippen LogP contribution in [0.15, 0.2) is 53.4 Å². The van der Waals surface area contributed by atoms with Crippen molar-refractivity contribution in [3.63, 3.8) is 0 Å². The van der Waals surface area contributed by atoms with Crippen molar-refractivity contribution in [3.05, 3.63) is 59.7 Å². The highest BCUT2D eigenvalue weighted by molar-refractivity contribution is 8.00. The minimum Gasteiger partial charge on any atom is -0.443 e. The summed E-state index contributed by atoms with van der Waals surface area (Å²) in [6.07, 6.45) is -0.617. The summed E-state index contributed by atoms with van der Waals surface area (Å²) in [4.78, 5) is 27.9. The minimum absolute atomic E-state index is 0.0262. The van der Waals surface area contributed by atoms with E-state index in [0.29, 0.717) is 11.4 Å². The van der Waals surface area contributed by atoms with Gasteiger partial charge in [0.1, 0.15) is 5.60 Å². The van der Waals surface area contributed by atoms with Crippen LogP contribution in [0.4, 0.5) is 10.5 Å². The number of carbonyl (C=O) groups excluding carboxylic acids is 2. The molecule has 0 aromatic heterocycles. The molecule has 9 heteroatoms. The van der Waals surface area contributed by atoms with Crippen LogP contribution in [0, 0.1) is 6.92 Å². The Balaban J connectivity index is 1.94. The van der Waals surface area contributed by atoms with Crippen LogP contribution < -0.4 is 9.62 Å². The molecule has 0 aliphatic carbocycles. The topological polar surface area (TPSA) is 92.8 Å². The number of para-hydroxylation sites is 1. The van der Waals surface area contributed by atoms with Crippen molar-refractivity contribution in [2.45, 2.75) is 69.2 Å². The molecule has 184 valence electrons. The van der Waals surface area contributed by atoms with Crippen LogP contribution in [0.5, 0.6) is 0 Å². The number of fused-ring (bicyclic) bond motifs is 1. The minimum atomic E-state index is -4.02. The maximum atomic E-state index is 13.2. The lowest BCUT2D eigenvalue weighted by Gasteiger charge is -2.35. The molecule has 0 spiro atoms. The highest BCUT2D eigenvalue weighted by atomic mass is 32.2. The second-order valence-corrected chi connectivity index (χ2v) is 12.7. The molecule has 2 unspecified atom stereocenters. The number of sulfonamides is 1. The van der Waals surface area contributed by atoms with E-state index >= 15 is 0 Å². The van der Waals surface area contributed by atoms with Crippen LogP contribution in [0.3, 0.4) is 0 Å². The Morgan fingerprint density at radius 1 is 1.12 bits per heavy atom. The number of aryl methyl sites for hydroxylation is 1. The lowest BCUT2D eigenvalue weighted by Crippen LogP contribution is -2.48. The summed E-state index contributed by atoms with van der Waals surface area (Å²) in [6.45, 7) is 11.1. The third kappa shape index (κ3) is 5.41. The SMILES string of the molecule is CCSC1N(C(=O)OC(C)(C)C)c2ccccc2C1(C)CC(=O)NS(=O)(=O)c1ccc(C)cc1. The molecule has 7 nitrogen and oxygen atoms in total. The van der Waals surface area contributed by atoms with Gasteiger partial charge in [-0.25, -0.2) is 17.9 Å². The zero-order valence-electron chi connectivity index (χ0n) is 20.4. The molecule has 2 aromatic carbocycles. The van der Waals surface area contributed by atoms with Crippen LogP contribution in [0.25, 0.3) is 0 Å². The molecule has 0 radical (unpaired) electrons. The fourth-order valence-electron chi connectivity index (χ4n) is 4.11. The molecule has 0 saturated carbocycles. The van der Waals surface area contributed by atoms with Crippen molar-refractivity contribution < 1.29 is 22.7 Å². The summed E-state index contributed by atoms with van der Waals surface area (Å²) in [7, 11) is -4.02. The Morgan fingerprint density at radius 3 is 2.32 bits per heavy atom. The number of nitrogens with zero attached hydrogens (tertiary/aromatic N) is 1. The lowest BCUT2D eigenvalue weighted by atomic mass is 9.81. The van der Waals surface area contributed by atoms with E-state index in [0.717, 1.165) is 11.1 Å². The number of anilines is 1. The van der Waals surface area contributed by atoms with Crippen LogP contribution >= 0.6 is 11.8 Å². The molecule has 1 N–H and O–H groups in total. The number of hydrogen-bond acceptors (Lipinski definition) is 6. The number of ether oxygens (including phenoxy) is 1. The van der Waals surface area contributed by atoms with Crippen molar-refractivity contribution in [2.24, 2.45) is 0 Å². The third-order valence-corrected chi connectivity index (χ3v) is 8.35. The quantitative estimate of drug-likeness (QED) is 0.596. The van der Waals surface area contributed by atoms with E-state index in [9.17, 15) is 18.0 Å². The summed E-state index contributed by atoms with van der Waals surface area (Å²) in [5.41, 5.74) is 0.864. The van der Waals surface area contributed by atoms with Gasteiger partial charge in [0.05, 0.1) is 16.0 Å². The summed E-state index contributed by atoms with van der Waals surface area (Å²) >= 11 is 1.52. The number of thioether (sulfide) groups is 1. The van der Waals surface area contributed by atoms with Crippen molar-refractivity contribution in [3.8, 4) is 0 Å². The number of nitrogens with one attached hydrogen (secondary N) is 1. The number of amides is 2. The summed E-state index contributed by atoms with van der Waals surface area (Å²) in [6, 6.07) is 13.7. The molecule has 1 heterocycles. The fraction of sp³-hybridized carbons (Fsp3) is 0.440. The first kappa shape index (κ1) is 26.1. The van der Waals surface area contributed by atoms with Gasteiger partial charge in [-0.2, -0.15) is 0 Å². The van der Waals surface area contributed by atoms with E-state index in [4.69, 9.17) is 4.74 Å². The van der Waals surface area contributed by atoms with Gasteiger partial charge in [-0.3, -0.25) is 9.69 Å². The summed E-state index contributed by atoms with van der Waals surface area (Å²) in [5.74, 6) is 0.0576. The van der Waals surface area contributed by atoms with Gasteiger partial charge in [0, 0.05) is 11.8 Å². The fourth-order valence-corrected chi connectivity index (χ4v) is 6.34. The largest absolute Gasteiger partial charge is 0.443 e. The first-order valence-electron chi connectivity index (χ1n) is 11.1. The first-order valence-corrected chi connectivity index (χ1v) is 13.7. The van der Waals surface area contributed by atoms with Crippen molar-refractivity contribution in [1.29, 1.82) is 0 Å². The second kappa shape index (κ2) is 9.62. The predicted molar refractivity (Wildman–Crippen MR) is 136 cm³/mol. The van der Waals surface area contributed by atoms with Gasteiger partial charge >= 0.3 is 6.09 Å². The van der Waals surface area contributed by atoms with Gasteiger partial charge < -0.3 is 4.74 Å². The standard InChI is InChI=1S/C25H32N2O5S2/c1-7-33-22-25(6,16-21(28)26-34(30,31)18-14-12-17(2)13-15-18)19-10-8-9-11-20(19)27(22)23(29)32-24(3,4)5/h8-15,22H,7,16H2,1-6H3,(H,26,28). The van der Waals surface area contributed by atoms with Gasteiger partial charge in [0.15, 0.2) is 0 Å². The molecular weight excluding hydrogens is 472 g/mol. The maximum Gasteiger partial charge on any atom is 0.415 e. The molecule has 0 bridgehead atoms. The van der Waals surface area contributed by atoms with Crippen molar-refractivity contribution in [1.82, 2.24) is 4.72 Å². The van der Waals surface area contributed by atoms with E-state index in [2.05, 4.69) is 4.72 Å². The van der Waals surface area contributed by atoms with E-state index in [-0.39, 0.29) is 11.3 Å². The molecule has 3 rings (SSSR count). The summed E-state index contributed by atoms with van der Waals surface area (Å²) < 4.78 is 33.5. The van der Waals surface area contributed by atoms with Crippen molar-refractivity contribution >= 4 is 39.5 Å². The van der Waals surface area contributed by atoms with Crippen LogP contribution in [0.2, 0.25) is 0 Å². The molecular formula is C25H32N2O5S2. The number of hydrogen-bond donors (Lipinski definition) is 1. The smallest absolute Gasteiger partial charge is 0.415 e. The average Bonchev–Trinajstić information content (AvgIpc) is 2.95. The number of benzene rings is 2. The van der Waals surface area contributed by atoms with Gasteiger partial charge in [-0.15, -0.1) is 11.8 Å². The third-order valence-electron chi connectivity index (χ3n) is 5.58. The molecule has 2 amide bonds.